The summed E-state index contributed by atoms with van der Waals surface area (Å²) in [5.41, 5.74) is 0.844. The summed E-state index contributed by atoms with van der Waals surface area (Å²) in [4.78, 5) is 26.3. The van der Waals surface area contributed by atoms with E-state index in [1.807, 2.05) is 11.0 Å². The zero-order chi connectivity index (χ0) is 18.4. The number of aliphatic hydroxyl groups excluding tert-OH is 2. The molecular formula is C17H20N2O6. The van der Waals surface area contributed by atoms with Gasteiger partial charge in [-0.05, 0) is 18.6 Å². The average molecular weight is 348 g/mol. The Morgan fingerprint density at radius 1 is 1.36 bits per heavy atom. The number of hydrogen-bond donors (Lipinski definition) is 4. The van der Waals surface area contributed by atoms with Gasteiger partial charge < -0.3 is 25.3 Å². The van der Waals surface area contributed by atoms with Crippen LogP contribution in [0.5, 0.6) is 0 Å². The van der Waals surface area contributed by atoms with Crippen LogP contribution in [0.15, 0.2) is 30.3 Å². The number of aliphatic hydroxyl groups is 2. The van der Waals surface area contributed by atoms with Gasteiger partial charge in [-0.2, -0.15) is 0 Å². The summed E-state index contributed by atoms with van der Waals surface area (Å²) in [5.74, 6) is -0.660. The lowest BCUT2D eigenvalue weighted by atomic mass is 9.95. The molecule has 0 bridgehead atoms. The molecule has 1 aromatic heterocycles. The summed E-state index contributed by atoms with van der Waals surface area (Å²) >= 11 is 0. The number of piperidine rings is 1. The monoisotopic (exact) mass is 348 g/mol. The smallest absolute Gasteiger partial charge is 0.336 e. The van der Waals surface area contributed by atoms with Crippen LogP contribution in [0.1, 0.15) is 16.8 Å². The number of carboxylic acid groups (broad SMARTS) is 2. The van der Waals surface area contributed by atoms with Gasteiger partial charge in [-0.3, -0.25) is 4.79 Å². The number of nitrogens with zero attached hydrogens (tertiary/aromatic N) is 2. The molecule has 8 heteroatoms. The molecule has 8 nitrogen and oxygen atoms in total. The Bertz CT molecular complexity index is 751. The summed E-state index contributed by atoms with van der Waals surface area (Å²) < 4.78 is 0. The molecule has 1 aliphatic rings. The number of benzene rings is 1. The number of hydrogen-bond acceptors (Lipinski definition) is 6. The van der Waals surface area contributed by atoms with Crippen molar-refractivity contribution in [2.24, 2.45) is 5.92 Å². The van der Waals surface area contributed by atoms with Gasteiger partial charge in [0.05, 0.1) is 23.8 Å². The first kappa shape index (κ1) is 18.6. The molecule has 0 amide bonds. The molecule has 0 aliphatic carbocycles. The number of carbonyl (C=O) groups is 2. The van der Waals surface area contributed by atoms with E-state index < -0.39 is 12.1 Å². The van der Waals surface area contributed by atoms with Gasteiger partial charge in [0.1, 0.15) is 5.82 Å². The highest BCUT2D eigenvalue weighted by Gasteiger charge is 2.28. The molecule has 2 heterocycles. The van der Waals surface area contributed by atoms with Crippen LogP contribution in [-0.4, -0.2) is 63.7 Å². The number of rotatable bonds is 3. The minimum Gasteiger partial charge on any atom is -0.483 e. The van der Waals surface area contributed by atoms with Gasteiger partial charge in [0.15, 0.2) is 0 Å². The zero-order valence-electron chi connectivity index (χ0n) is 13.4. The minimum absolute atomic E-state index is 0.100. The van der Waals surface area contributed by atoms with Gasteiger partial charge in [0.2, 0.25) is 0 Å². The van der Waals surface area contributed by atoms with Crippen molar-refractivity contribution < 1.29 is 30.0 Å². The summed E-state index contributed by atoms with van der Waals surface area (Å²) in [6.07, 6.45) is 0.00272. The first-order valence-electron chi connectivity index (χ1n) is 7.76. The molecule has 25 heavy (non-hydrogen) atoms. The lowest BCUT2D eigenvalue weighted by Crippen LogP contribution is -2.45. The molecule has 1 saturated heterocycles. The molecule has 4 N–H and O–H groups in total. The van der Waals surface area contributed by atoms with Crippen molar-refractivity contribution in [3.8, 4) is 0 Å². The van der Waals surface area contributed by atoms with Gasteiger partial charge in [0, 0.05) is 24.4 Å². The number of carboxylic acids is 1. The van der Waals surface area contributed by atoms with Crippen molar-refractivity contribution in [2.45, 2.75) is 12.5 Å². The Kier molecular flexibility index (Phi) is 6.26. The Labute approximate surface area is 144 Å². The lowest BCUT2D eigenvalue weighted by Gasteiger charge is -2.36. The predicted octanol–water partition coefficient (Wildman–Crippen LogP) is 0.813. The average Bonchev–Trinajstić information content (AvgIpc) is 2.61. The van der Waals surface area contributed by atoms with E-state index in [9.17, 15) is 20.1 Å². The topological polar surface area (TPSA) is 131 Å². The molecule has 0 saturated carbocycles. The van der Waals surface area contributed by atoms with Crippen LogP contribution >= 0.6 is 0 Å². The highest BCUT2D eigenvalue weighted by Crippen LogP contribution is 2.26. The van der Waals surface area contributed by atoms with E-state index in [0.29, 0.717) is 36.2 Å². The van der Waals surface area contributed by atoms with Crippen LogP contribution in [0.2, 0.25) is 0 Å². The maximum absolute atomic E-state index is 11.5. The van der Waals surface area contributed by atoms with Crippen LogP contribution < -0.4 is 4.90 Å². The summed E-state index contributed by atoms with van der Waals surface area (Å²) in [7, 11) is 0. The number of pyridine rings is 1. The third-order valence-corrected chi connectivity index (χ3v) is 4.19. The van der Waals surface area contributed by atoms with Crippen LogP contribution in [0.4, 0.5) is 5.82 Å². The summed E-state index contributed by atoms with van der Waals surface area (Å²) in [5, 5.41) is 36.1. The van der Waals surface area contributed by atoms with E-state index in [2.05, 4.69) is 4.98 Å². The second kappa shape index (κ2) is 8.41. The number of aromatic carboxylic acids is 1. The maximum atomic E-state index is 11.5. The van der Waals surface area contributed by atoms with Crippen molar-refractivity contribution in [3.63, 3.8) is 0 Å². The Morgan fingerprint density at radius 3 is 2.68 bits per heavy atom. The highest BCUT2D eigenvalue weighted by atomic mass is 16.4. The molecule has 1 aliphatic heterocycles. The van der Waals surface area contributed by atoms with E-state index in [0.717, 1.165) is 0 Å². The highest BCUT2D eigenvalue weighted by molar-refractivity contribution is 6.03. The van der Waals surface area contributed by atoms with Crippen molar-refractivity contribution in [1.29, 1.82) is 0 Å². The fourth-order valence-electron chi connectivity index (χ4n) is 2.91. The van der Waals surface area contributed by atoms with Crippen molar-refractivity contribution in [3.05, 3.63) is 35.9 Å². The van der Waals surface area contributed by atoms with E-state index in [1.165, 1.54) is 0 Å². The number of anilines is 1. The largest absolute Gasteiger partial charge is 0.483 e. The molecule has 134 valence electrons. The molecule has 0 spiro atoms. The third-order valence-electron chi connectivity index (χ3n) is 4.19. The number of aromatic nitrogens is 1. The third kappa shape index (κ3) is 4.23. The van der Waals surface area contributed by atoms with Crippen molar-refractivity contribution in [2.75, 3.05) is 24.6 Å². The second-order valence-electron chi connectivity index (χ2n) is 5.70. The fourth-order valence-corrected chi connectivity index (χ4v) is 2.91. The number of para-hydroxylation sites is 1. The summed E-state index contributed by atoms with van der Waals surface area (Å²) in [6.45, 7) is 0.696. The SMILES string of the molecule is O=C(O)c1cc(N2CC[C@H](O)[C@H](CO)C2)nc2ccccc12.O=CO. The Morgan fingerprint density at radius 2 is 2.04 bits per heavy atom. The van der Waals surface area contributed by atoms with Gasteiger partial charge in [0.25, 0.3) is 6.47 Å². The van der Waals surface area contributed by atoms with E-state index in [4.69, 9.17) is 9.90 Å². The van der Waals surface area contributed by atoms with Crippen molar-refractivity contribution in [1.82, 2.24) is 4.98 Å². The molecular weight excluding hydrogens is 328 g/mol. The Balaban J connectivity index is 0.000000701. The molecule has 0 radical (unpaired) electrons. The molecule has 1 fully saturated rings. The minimum atomic E-state index is -0.990. The number of fused-ring (bicyclic) bond motifs is 1. The molecule has 3 rings (SSSR count). The molecule has 1 aromatic carbocycles. The van der Waals surface area contributed by atoms with Crippen LogP contribution in [0, 0.1) is 5.92 Å². The Hall–Kier alpha value is -2.71. The van der Waals surface area contributed by atoms with Crippen LogP contribution in [0.3, 0.4) is 0 Å². The van der Waals surface area contributed by atoms with E-state index in [-0.39, 0.29) is 24.6 Å². The molecule has 0 unspecified atom stereocenters. The van der Waals surface area contributed by atoms with Crippen LogP contribution in [0.25, 0.3) is 10.9 Å². The van der Waals surface area contributed by atoms with Crippen molar-refractivity contribution >= 4 is 29.2 Å². The fraction of sp³-hybridized carbons (Fsp3) is 0.353. The van der Waals surface area contributed by atoms with E-state index in [1.54, 1.807) is 24.3 Å². The first-order chi connectivity index (χ1) is 12.0. The predicted molar refractivity (Wildman–Crippen MR) is 90.8 cm³/mol. The quantitative estimate of drug-likeness (QED) is 0.599. The maximum Gasteiger partial charge on any atom is 0.336 e. The normalized spacial score (nSPS) is 19.8. The van der Waals surface area contributed by atoms with Gasteiger partial charge in [-0.1, -0.05) is 18.2 Å². The second-order valence-corrected chi connectivity index (χ2v) is 5.70. The summed E-state index contributed by atoms with van der Waals surface area (Å²) in [6, 6.07) is 8.70. The molecule has 2 atom stereocenters. The zero-order valence-corrected chi connectivity index (χ0v) is 13.4. The van der Waals surface area contributed by atoms with Crippen LogP contribution in [-0.2, 0) is 4.79 Å². The first-order valence-corrected chi connectivity index (χ1v) is 7.76. The van der Waals surface area contributed by atoms with E-state index >= 15 is 0 Å². The standard InChI is InChI=1S/C16H18N2O4.CH2O2/c19-9-10-8-18(6-5-14(10)20)15-7-12(16(21)22)11-3-1-2-4-13(11)17-15;2-1-3/h1-4,7,10,14,19-20H,5-6,8-9H2,(H,21,22);1H,(H,2,3)/t10-,14-;/m0./s1. The lowest BCUT2D eigenvalue weighted by molar-refractivity contribution is -0.122. The van der Waals surface area contributed by atoms with Gasteiger partial charge >= 0.3 is 5.97 Å². The van der Waals surface area contributed by atoms with Gasteiger partial charge in [-0.15, -0.1) is 0 Å². The van der Waals surface area contributed by atoms with Gasteiger partial charge in [-0.25, -0.2) is 9.78 Å². The molecule has 2 aromatic rings.